The number of carbonyl (C=O) groups is 1. The van der Waals surface area contributed by atoms with E-state index < -0.39 is 5.60 Å². The highest BCUT2D eigenvalue weighted by molar-refractivity contribution is 7.99. The molecule has 124 valence electrons. The lowest BCUT2D eigenvalue weighted by Gasteiger charge is -2.19. The van der Waals surface area contributed by atoms with Crippen LogP contribution in [0, 0.1) is 0 Å². The summed E-state index contributed by atoms with van der Waals surface area (Å²) in [6.07, 6.45) is 0. The SMILES string of the molecule is COc1ccccc1-c1nnc(SCC(=O)OC(C)(C)C)n1N. The Balaban J connectivity index is 2.12. The molecule has 0 radical (unpaired) electrons. The Morgan fingerprint density at radius 2 is 2.00 bits per heavy atom. The summed E-state index contributed by atoms with van der Waals surface area (Å²) < 4.78 is 11.9. The van der Waals surface area contributed by atoms with Gasteiger partial charge in [0.2, 0.25) is 5.16 Å². The van der Waals surface area contributed by atoms with Crippen molar-refractivity contribution >= 4 is 17.7 Å². The number of esters is 1. The Morgan fingerprint density at radius 1 is 1.30 bits per heavy atom. The Bertz CT molecular complexity index is 694. The highest BCUT2D eigenvalue weighted by atomic mass is 32.2. The molecule has 0 fully saturated rings. The number of rotatable bonds is 5. The molecule has 0 spiro atoms. The number of nitrogens with zero attached hydrogens (tertiary/aromatic N) is 3. The number of hydrogen-bond acceptors (Lipinski definition) is 7. The molecule has 0 aliphatic carbocycles. The van der Waals surface area contributed by atoms with E-state index in [0.29, 0.717) is 16.7 Å². The summed E-state index contributed by atoms with van der Waals surface area (Å²) in [6, 6.07) is 7.38. The van der Waals surface area contributed by atoms with Crippen molar-refractivity contribution < 1.29 is 14.3 Å². The van der Waals surface area contributed by atoms with Gasteiger partial charge in [0.05, 0.1) is 18.4 Å². The molecule has 0 saturated carbocycles. The van der Waals surface area contributed by atoms with Crippen LogP contribution in [-0.2, 0) is 9.53 Å². The van der Waals surface area contributed by atoms with E-state index >= 15 is 0 Å². The number of benzene rings is 1. The number of ether oxygens (including phenoxy) is 2. The van der Waals surface area contributed by atoms with E-state index in [1.165, 1.54) is 16.4 Å². The van der Waals surface area contributed by atoms with Crippen LogP contribution in [0.4, 0.5) is 0 Å². The van der Waals surface area contributed by atoms with Crippen LogP contribution in [-0.4, -0.2) is 39.3 Å². The Kier molecular flexibility index (Phi) is 5.15. The standard InChI is InChI=1S/C15H20N4O3S/c1-15(2,3)22-12(20)9-23-14-18-17-13(19(14)16)10-7-5-6-8-11(10)21-4/h5-8H,9,16H2,1-4H3. The molecule has 0 aliphatic rings. The van der Waals surface area contributed by atoms with E-state index in [2.05, 4.69) is 10.2 Å². The molecule has 2 rings (SSSR count). The maximum absolute atomic E-state index is 11.8. The molecule has 8 heteroatoms. The number of carbonyl (C=O) groups excluding carboxylic acids is 1. The number of para-hydroxylation sites is 1. The summed E-state index contributed by atoms with van der Waals surface area (Å²) in [5.41, 5.74) is 0.213. The molecule has 1 heterocycles. The highest BCUT2D eigenvalue weighted by Gasteiger charge is 2.19. The van der Waals surface area contributed by atoms with Crippen molar-refractivity contribution in [3.63, 3.8) is 0 Å². The monoisotopic (exact) mass is 336 g/mol. The number of thioether (sulfide) groups is 1. The summed E-state index contributed by atoms with van der Waals surface area (Å²) in [5, 5.41) is 8.53. The number of methoxy groups -OCH3 is 1. The molecular weight excluding hydrogens is 316 g/mol. The fourth-order valence-corrected chi connectivity index (χ4v) is 2.51. The van der Waals surface area contributed by atoms with Crippen molar-refractivity contribution in [2.24, 2.45) is 0 Å². The van der Waals surface area contributed by atoms with Crippen molar-refractivity contribution in [2.45, 2.75) is 31.5 Å². The summed E-state index contributed by atoms with van der Waals surface area (Å²) >= 11 is 1.17. The number of aromatic nitrogens is 3. The van der Waals surface area contributed by atoms with Crippen molar-refractivity contribution in [1.82, 2.24) is 14.9 Å². The van der Waals surface area contributed by atoms with Crippen LogP contribution in [0.1, 0.15) is 20.8 Å². The minimum Gasteiger partial charge on any atom is -0.496 e. The van der Waals surface area contributed by atoms with Gasteiger partial charge in [-0.1, -0.05) is 23.9 Å². The van der Waals surface area contributed by atoms with Gasteiger partial charge in [-0.15, -0.1) is 10.2 Å². The van der Waals surface area contributed by atoms with Gasteiger partial charge >= 0.3 is 5.97 Å². The van der Waals surface area contributed by atoms with Gasteiger partial charge in [0, 0.05) is 0 Å². The van der Waals surface area contributed by atoms with Gasteiger partial charge in [0.25, 0.3) is 0 Å². The van der Waals surface area contributed by atoms with Crippen molar-refractivity contribution in [1.29, 1.82) is 0 Å². The lowest BCUT2D eigenvalue weighted by molar-refractivity contribution is -0.151. The number of hydrogen-bond donors (Lipinski definition) is 1. The number of nitrogen functional groups attached to an aromatic ring is 1. The average molecular weight is 336 g/mol. The first-order chi connectivity index (χ1) is 10.8. The van der Waals surface area contributed by atoms with Crippen molar-refractivity contribution in [2.75, 3.05) is 18.7 Å². The second-order valence-electron chi connectivity index (χ2n) is 5.75. The smallest absolute Gasteiger partial charge is 0.316 e. The fourth-order valence-electron chi connectivity index (χ4n) is 1.88. The zero-order valence-electron chi connectivity index (χ0n) is 13.6. The summed E-state index contributed by atoms with van der Waals surface area (Å²) in [7, 11) is 1.58. The summed E-state index contributed by atoms with van der Waals surface area (Å²) in [5.74, 6) is 6.93. The van der Waals surface area contributed by atoms with Gasteiger partial charge in [-0.05, 0) is 32.9 Å². The van der Waals surface area contributed by atoms with Crippen LogP contribution < -0.4 is 10.6 Å². The third-order valence-corrected chi connectivity index (χ3v) is 3.67. The molecule has 23 heavy (non-hydrogen) atoms. The molecule has 1 aromatic heterocycles. The van der Waals surface area contributed by atoms with Crippen molar-refractivity contribution in [3.05, 3.63) is 24.3 Å². The normalized spacial score (nSPS) is 11.3. The molecule has 0 amide bonds. The Hall–Kier alpha value is -2.22. The topological polar surface area (TPSA) is 92.3 Å². The van der Waals surface area contributed by atoms with E-state index in [9.17, 15) is 4.79 Å². The molecule has 0 aliphatic heterocycles. The third-order valence-electron chi connectivity index (χ3n) is 2.75. The third kappa shape index (κ3) is 4.38. The van der Waals surface area contributed by atoms with Gasteiger partial charge in [-0.25, -0.2) is 4.68 Å². The average Bonchev–Trinajstić information content (AvgIpc) is 2.84. The fraction of sp³-hybridized carbons (Fsp3) is 0.400. The van der Waals surface area contributed by atoms with E-state index in [4.69, 9.17) is 15.3 Å². The van der Waals surface area contributed by atoms with Gasteiger partial charge < -0.3 is 15.3 Å². The zero-order valence-corrected chi connectivity index (χ0v) is 14.4. The molecule has 2 aromatic rings. The van der Waals surface area contributed by atoms with E-state index in [1.54, 1.807) is 7.11 Å². The zero-order chi connectivity index (χ0) is 17.0. The van der Waals surface area contributed by atoms with Crippen LogP contribution >= 0.6 is 11.8 Å². The van der Waals surface area contributed by atoms with Crippen LogP contribution in [0.3, 0.4) is 0 Å². The first kappa shape index (κ1) is 17.1. The number of nitrogens with two attached hydrogens (primary N) is 1. The maximum Gasteiger partial charge on any atom is 0.316 e. The van der Waals surface area contributed by atoms with Gasteiger partial charge in [-0.2, -0.15) is 0 Å². The van der Waals surface area contributed by atoms with Crippen molar-refractivity contribution in [3.8, 4) is 17.1 Å². The van der Waals surface area contributed by atoms with Crippen LogP contribution in [0.5, 0.6) is 5.75 Å². The lowest BCUT2D eigenvalue weighted by atomic mass is 10.2. The van der Waals surface area contributed by atoms with E-state index in [-0.39, 0.29) is 11.7 Å². The Labute approximate surface area is 139 Å². The molecule has 0 unspecified atom stereocenters. The van der Waals surface area contributed by atoms with Gasteiger partial charge in [0.1, 0.15) is 11.4 Å². The summed E-state index contributed by atoms with van der Waals surface area (Å²) in [4.78, 5) is 11.8. The molecule has 0 saturated heterocycles. The maximum atomic E-state index is 11.8. The second-order valence-corrected chi connectivity index (χ2v) is 6.69. The molecular formula is C15H20N4O3S. The minimum atomic E-state index is -0.517. The lowest BCUT2D eigenvalue weighted by Crippen LogP contribution is -2.25. The molecule has 7 nitrogen and oxygen atoms in total. The van der Waals surface area contributed by atoms with Crippen LogP contribution in [0.25, 0.3) is 11.4 Å². The van der Waals surface area contributed by atoms with Crippen LogP contribution in [0.2, 0.25) is 0 Å². The predicted molar refractivity (Wildman–Crippen MR) is 88.7 cm³/mol. The van der Waals surface area contributed by atoms with E-state index in [0.717, 1.165) is 5.56 Å². The Morgan fingerprint density at radius 3 is 2.65 bits per heavy atom. The first-order valence-corrected chi connectivity index (χ1v) is 7.99. The largest absolute Gasteiger partial charge is 0.496 e. The second kappa shape index (κ2) is 6.91. The van der Waals surface area contributed by atoms with Gasteiger partial charge in [0.15, 0.2) is 5.82 Å². The van der Waals surface area contributed by atoms with Gasteiger partial charge in [-0.3, -0.25) is 4.79 Å². The molecule has 0 atom stereocenters. The minimum absolute atomic E-state index is 0.110. The molecule has 2 N–H and O–H groups in total. The highest BCUT2D eigenvalue weighted by Crippen LogP contribution is 2.29. The summed E-state index contributed by atoms with van der Waals surface area (Å²) in [6.45, 7) is 5.46. The molecule has 1 aromatic carbocycles. The first-order valence-electron chi connectivity index (χ1n) is 7.00. The quantitative estimate of drug-likeness (QED) is 0.508. The predicted octanol–water partition coefficient (Wildman–Crippen LogP) is 2.10. The molecule has 0 bridgehead atoms. The van der Waals surface area contributed by atoms with E-state index in [1.807, 2.05) is 45.0 Å². The van der Waals surface area contributed by atoms with Crippen LogP contribution in [0.15, 0.2) is 29.4 Å².